The number of hydrogen-bond donors (Lipinski definition) is 2. The van der Waals surface area contributed by atoms with E-state index >= 15 is 0 Å². The maximum absolute atomic E-state index is 12.0. The standard InChI is InChI=1S/C14H23N3O2/c1-3-16-13-7-9-15-11-12(13)14(18)17-8-5-4-6-10-19-2/h7,9,11H,3-6,8,10H2,1-2H3,(H,15,16)(H,17,18). The van der Waals surface area contributed by atoms with Gasteiger partial charge >= 0.3 is 0 Å². The van der Waals surface area contributed by atoms with Crippen LogP contribution in [0.15, 0.2) is 18.5 Å². The number of unbranched alkanes of at least 4 members (excludes halogenated alkanes) is 2. The lowest BCUT2D eigenvalue weighted by molar-refractivity contribution is 0.0953. The zero-order valence-electron chi connectivity index (χ0n) is 11.7. The highest BCUT2D eigenvalue weighted by Crippen LogP contribution is 2.12. The van der Waals surface area contributed by atoms with E-state index in [0.717, 1.165) is 38.1 Å². The van der Waals surface area contributed by atoms with Crippen LogP contribution in [0.25, 0.3) is 0 Å². The summed E-state index contributed by atoms with van der Waals surface area (Å²) in [5, 5.41) is 6.07. The Balaban J connectivity index is 2.36. The third kappa shape index (κ3) is 5.70. The van der Waals surface area contributed by atoms with Crippen molar-refractivity contribution in [2.45, 2.75) is 26.2 Å². The molecule has 1 aromatic heterocycles. The predicted octanol–water partition coefficient (Wildman–Crippen LogP) is 2.06. The molecule has 0 saturated carbocycles. The van der Waals surface area contributed by atoms with E-state index in [9.17, 15) is 4.79 Å². The van der Waals surface area contributed by atoms with E-state index in [-0.39, 0.29) is 5.91 Å². The Kier molecular flexibility index (Phi) is 7.58. The molecule has 5 heteroatoms. The summed E-state index contributed by atoms with van der Waals surface area (Å²) in [7, 11) is 1.70. The molecule has 0 radical (unpaired) electrons. The van der Waals surface area contributed by atoms with Gasteiger partial charge in [0.15, 0.2) is 0 Å². The molecular formula is C14H23N3O2. The molecule has 19 heavy (non-hydrogen) atoms. The van der Waals surface area contributed by atoms with Crippen molar-refractivity contribution >= 4 is 11.6 Å². The van der Waals surface area contributed by atoms with Crippen LogP contribution in [0.3, 0.4) is 0 Å². The number of pyridine rings is 1. The van der Waals surface area contributed by atoms with Crippen molar-refractivity contribution in [1.29, 1.82) is 0 Å². The first-order chi connectivity index (χ1) is 9.29. The van der Waals surface area contributed by atoms with E-state index in [1.807, 2.05) is 13.0 Å². The van der Waals surface area contributed by atoms with Gasteiger partial charge in [-0.2, -0.15) is 0 Å². The third-order valence-corrected chi connectivity index (χ3v) is 2.74. The Morgan fingerprint density at radius 1 is 1.37 bits per heavy atom. The number of carbonyl (C=O) groups excluding carboxylic acids is 1. The number of hydrogen-bond acceptors (Lipinski definition) is 4. The van der Waals surface area contributed by atoms with E-state index < -0.39 is 0 Å². The summed E-state index contributed by atoms with van der Waals surface area (Å²) in [4.78, 5) is 16.0. The first kappa shape index (κ1) is 15.4. The monoisotopic (exact) mass is 265 g/mol. The average Bonchev–Trinajstić information content (AvgIpc) is 2.43. The number of amides is 1. The Labute approximate surface area is 114 Å². The van der Waals surface area contributed by atoms with Crippen molar-refractivity contribution in [2.75, 3.05) is 32.1 Å². The molecule has 5 nitrogen and oxygen atoms in total. The summed E-state index contributed by atoms with van der Waals surface area (Å²) >= 11 is 0. The molecule has 2 N–H and O–H groups in total. The quantitative estimate of drug-likeness (QED) is 0.671. The van der Waals surface area contributed by atoms with E-state index in [0.29, 0.717) is 12.1 Å². The molecule has 0 unspecified atom stereocenters. The normalized spacial score (nSPS) is 10.2. The van der Waals surface area contributed by atoms with Gasteiger partial charge in [0.1, 0.15) is 0 Å². The van der Waals surface area contributed by atoms with E-state index in [2.05, 4.69) is 15.6 Å². The molecular weight excluding hydrogens is 242 g/mol. The summed E-state index contributed by atoms with van der Waals surface area (Å²) in [6.45, 7) is 4.24. The minimum Gasteiger partial charge on any atom is -0.385 e. The molecule has 0 aliphatic rings. The van der Waals surface area contributed by atoms with Crippen molar-refractivity contribution in [3.63, 3.8) is 0 Å². The van der Waals surface area contributed by atoms with Gasteiger partial charge in [-0.05, 0) is 32.3 Å². The Hall–Kier alpha value is -1.62. The van der Waals surface area contributed by atoms with Gasteiger partial charge in [0, 0.05) is 39.2 Å². The lowest BCUT2D eigenvalue weighted by Gasteiger charge is -2.10. The highest BCUT2D eigenvalue weighted by atomic mass is 16.5. The fraction of sp³-hybridized carbons (Fsp3) is 0.571. The second kappa shape index (κ2) is 9.33. The zero-order valence-corrected chi connectivity index (χ0v) is 11.7. The number of aromatic nitrogens is 1. The second-order valence-corrected chi connectivity index (χ2v) is 4.26. The van der Waals surface area contributed by atoms with E-state index in [1.165, 1.54) is 0 Å². The first-order valence-electron chi connectivity index (χ1n) is 6.74. The smallest absolute Gasteiger partial charge is 0.254 e. The molecule has 0 saturated heterocycles. The van der Waals surface area contributed by atoms with Crippen LogP contribution in [0.1, 0.15) is 36.5 Å². The molecule has 0 fully saturated rings. The number of rotatable bonds is 9. The van der Waals surface area contributed by atoms with Crippen LogP contribution in [0.4, 0.5) is 5.69 Å². The zero-order chi connectivity index (χ0) is 13.9. The molecule has 0 aromatic carbocycles. The van der Waals surface area contributed by atoms with Crippen LogP contribution in [0, 0.1) is 0 Å². The van der Waals surface area contributed by atoms with Crippen molar-refractivity contribution < 1.29 is 9.53 Å². The summed E-state index contributed by atoms with van der Waals surface area (Å²) in [6, 6.07) is 1.82. The van der Waals surface area contributed by atoms with Gasteiger partial charge in [-0.15, -0.1) is 0 Å². The first-order valence-corrected chi connectivity index (χ1v) is 6.74. The van der Waals surface area contributed by atoms with Crippen molar-refractivity contribution in [3.05, 3.63) is 24.0 Å². The number of anilines is 1. The summed E-state index contributed by atoms with van der Waals surface area (Å²) < 4.78 is 4.98. The van der Waals surface area contributed by atoms with Crippen LogP contribution in [-0.4, -0.2) is 37.7 Å². The van der Waals surface area contributed by atoms with Crippen molar-refractivity contribution in [2.24, 2.45) is 0 Å². The fourth-order valence-electron chi connectivity index (χ4n) is 1.77. The molecule has 0 aliphatic heterocycles. The summed E-state index contributed by atoms with van der Waals surface area (Å²) in [6.07, 6.45) is 6.33. The molecule has 0 aliphatic carbocycles. The van der Waals surface area contributed by atoms with Gasteiger partial charge in [-0.3, -0.25) is 9.78 Å². The third-order valence-electron chi connectivity index (χ3n) is 2.74. The largest absolute Gasteiger partial charge is 0.385 e. The minimum absolute atomic E-state index is 0.0733. The van der Waals surface area contributed by atoms with Gasteiger partial charge in [-0.25, -0.2) is 0 Å². The highest BCUT2D eigenvalue weighted by Gasteiger charge is 2.09. The average molecular weight is 265 g/mol. The van der Waals surface area contributed by atoms with Crippen LogP contribution in [0.5, 0.6) is 0 Å². The van der Waals surface area contributed by atoms with Gasteiger partial charge in [0.05, 0.1) is 11.3 Å². The van der Waals surface area contributed by atoms with E-state index in [1.54, 1.807) is 19.5 Å². The number of ether oxygens (including phenoxy) is 1. The van der Waals surface area contributed by atoms with Crippen LogP contribution >= 0.6 is 0 Å². The SMILES string of the molecule is CCNc1ccncc1C(=O)NCCCCCOC. The molecule has 106 valence electrons. The summed E-state index contributed by atoms with van der Waals surface area (Å²) in [5.41, 5.74) is 1.43. The number of carbonyl (C=O) groups is 1. The Bertz CT molecular complexity index is 383. The molecule has 1 rings (SSSR count). The molecule has 0 spiro atoms. The fourth-order valence-corrected chi connectivity index (χ4v) is 1.77. The van der Waals surface area contributed by atoms with Gasteiger partial charge in [0.25, 0.3) is 5.91 Å². The lowest BCUT2D eigenvalue weighted by Crippen LogP contribution is -2.25. The number of nitrogens with zero attached hydrogens (tertiary/aromatic N) is 1. The second-order valence-electron chi connectivity index (χ2n) is 4.26. The van der Waals surface area contributed by atoms with Crippen molar-refractivity contribution in [1.82, 2.24) is 10.3 Å². The van der Waals surface area contributed by atoms with E-state index in [4.69, 9.17) is 4.74 Å². The molecule has 1 aromatic rings. The van der Waals surface area contributed by atoms with Gasteiger partial charge < -0.3 is 15.4 Å². The molecule has 0 bridgehead atoms. The van der Waals surface area contributed by atoms with Crippen LogP contribution in [0.2, 0.25) is 0 Å². The maximum Gasteiger partial charge on any atom is 0.254 e. The van der Waals surface area contributed by atoms with Gasteiger partial charge in [0.2, 0.25) is 0 Å². The number of nitrogens with one attached hydrogen (secondary N) is 2. The van der Waals surface area contributed by atoms with Crippen molar-refractivity contribution in [3.8, 4) is 0 Å². The Morgan fingerprint density at radius 2 is 2.21 bits per heavy atom. The van der Waals surface area contributed by atoms with Crippen LogP contribution in [-0.2, 0) is 4.74 Å². The topological polar surface area (TPSA) is 63.2 Å². The molecule has 1 amide bonds. The lowest BCUT2D eigenvalue weighted by atomic mass is 10.2. The molecule has 1 heterocycles. The highest BCUT2D eigenvalue weighted by molar-refractivity contribution is 5.99. The predicted molar refractivity (Wildman–Crippen MR) is 76.5 cm³/mol. The maximum atomic E-state index is 12.0. The summed E-state index contributed by atoms with van der Waals surface area (Å²) in [5.74, 6) is -0.0733. The van der Waals surface area contributed by atoms with Crippen LogP contribution < -0.4 is 10.6 Å². The Morgan fingerprint density at radius 3 is 2.95 bits per heavy atom. The van der Waals surface area contributed by atoms with Gasteiger partial charge in [-0.1, -0.05) is 0 Å². The molecule has 0 atom stereocenters. The number of methoxy groups -OCH3 is 1. The minimum atomic E-state index is -0.0733.